The molecular weight excluding hydrogens is 538 g/mol. The molecule has 218 valence electrons. The van der Waals surface area contributed by atoms with E-state index in [4.69, 9.17) is 4.74 Å². The van der Waals surface area contributed by atoms with E-state index in [1.165, 1.54) is 4.90 Å². The van der Waals surface area contributed by atoms with E-state index in [0.29, 0.717) is 11.4 Å². The summed E-state index contributed by atoms with van der Waals surface area (Å²) >= 11 is 0. The number of ether oxygens (including phenoxy) is 1. The molecule has 1 aliphatic rings. The van der Waals surface area contributed by atoms with Gasteiger partial charge in [-0.2, -0.15) is 0 Å². The summed E-state index contributed by atoms with van der Waals surface area (Å²) in [5, 5.41) is 3.12. The van der Waals surface area contributed by atoms with Gasteiger partial charge in [-0.25, -0.2) is 8.42 Å². The minimum Gasteiger partial charge on any atom is -0.497 e. The summed E-state index contributed by atoms with van der Waals surface area (Å²) in [6.45, 7) is 3.25. The van der Waals surface area contributed by atoms with E-state index in [2.05, 4.69) is 5.32 Å². The highest BCUT2D eigenvalue weighted by Gasteiger charge is 2.33. The van der Waals surface area contributed by atoms with E-state index in [-0.39, 0.29) is 23.4 Å². The van der Waals surface area contributed by atoms with Crippen molar-refractivity contribution < 1.29 is 22.7 Å². The number of aryl methyl sites for hydroxylation is 1. The lowest BCUT2D eigenvalue weighted by molar-refractivity contribution is -0.139. The summed E-state index contributed by atoms with van der Waals surface area (Å²) < 4.78 is 34.1. The number of rotatable bonds is 11. The molecule has 1 atom stereocenters. The lowest BCUT2D eigenvalue weighted by Gasteiger charge is -2.33. The van der Waals surface area contributed by atoms with Crippen LogP contribution < -0.4 is 14.4 Å². The molecule has 1 fully saturated rings. The number of hydrogen-bond acceptors (Lipinski definition) is 5. The number of benzene rings is 3. The molecular formula is C32H39N3O5S. The number of sulfonamides is 1. The Kier molecular flexibility index (Phi) is 10.0. The molecule has 0 bridgehead atoms. The van der Waals surface area contributed by atoms with Crippen molar-refractivity contribution in [2.24, 2.45) is 0 Å². The first-order valence-corrected chi connectivity index (χ1v) is 15.5. The van der Waals surface area contributed by atoms with Gasteiger partial charge in [-0.05, 0) is 68.7 Å². The van der Waals surface area contributed by atoms with Crippen LogP contribution in [0.25, 0.3) is 0 Å². The van der Waals surface area contributed by atoms with Gasteiger partial charge in [0.25, 0.3) is 10.0 Å². The minimum absolute atomic E-state index is 0.0828. The van der Waals surface area contributed by atoms with Crippen LogP contribution in [0.15, 0.2) is 83.8 Å². The van der Waals surface area contributed by atoms with E-state index >= 15 is 0 Å². The lowest BCUT2D eigenvalue weighted by atomic mass is 9.95. The van der Waals surface area contributed by atoms with Crippen molar-refractivity contribution in [3.05, 3.63) is 90.0 Å². The third kappa shape index (κ3) is 7.67. The number of carbonyl (C=O) groups excluding carboxylic acids is 2. The molecule has 1 aliphatic carbocycles. The van der Waals surface area contributed by atoms with Crippen LogP contribution in [-0.2, 0) is 26.2 Å². The summed E-state index contributed by atoms with van der Waals surface area (Å²) in [5.74, 6) is -0.0489. The molecule has 0 radical (unpaired) electrons. The Labute approximate surface area is 243 Å². The van der Waals surface area contributed by atoms with Crippen molar-refractivity contribution >= 4 is 27.5 Å². The van der Waals surface area contributed by atoms with Gasteiger partial charge in [0, 0.05) is 12.6 Å². The third-order valence-electron chi connectivity index (χ3n) is 7.56. The zero-order valence-electron chi connectivity index (χ0n) is 24.0. The molecule has 9 heteroatoms. The van der Waals surface area contributed by atoms with Gasteiger partial charge in [-0.1, -0.05) is 67.3 Å². The molecule has 3 aromatic carbocycles. The van der Waals surface area contributed by atoms with Crippen molar-refractivity contribution in [1.82, 2.24) is 10.2 Å². The van der Waals surface area contributed by atoms with Gasteiger partial charge in [0.2, 0.25) is 11.8 Å². The van der Waals surface area contributed by atoms with Crippen LogP contribution in [0.2, 0.25) is 0 Å². The number of methoxy groups -OCH3 is 1. The van der Waals surface area contributed by atoms with E-state index in [0.717, 1.165) is 47.5 Å². The highest BCUT2D eigenvalue weighted by molar-refractivity contribution is 7.92. The second kappa shape index (κ2) is 13.7. The molecule has 0 aromatic heterocycles. The normalized spacial score (nSPS) is 14.6. The topological polar surface area (TPSA) is 96.0 Å². The molecule has 0 unspecified atom stereocenters. The van der Waals surface area contributed by atoms with Crippen LogP contribution in [0, 0.1) is 6.92 Å². The van der Waals surface area contributed by atoms with Crippen LogP contribution in [0.4, 0.5) is 5.69 Å². The van der Waals surface area contributed by atoms with Crippen LogP contribution in [0.5, 0.6) is 5.75 Å². The Morgan fingerprint density at radius 1 is 0.927 bits per heavy atom. The fourth-order valence-electron chi connectivity index (χ4n) is 5.04. The van der Waals surface area contributed by atoms with Crippen LogP contribution in [-0.4, -0.2) is 50.9 Å². The SMILES string of the molecule is COc1ccc(CN(C(=O)CN(c2ccccc2)S(=O)(=O)c2ccc(C)cc2)[C@@H](C)C(=O)NC2CCCCC2)cc1. The molecule has 1 saturated carbocycles. The fourth-order valence-corrected chi connectivity index (χ4v) is 6.45. The van der Waals surface area contributed by atoms with Crippen molar-refractivity contribution in [2.45, 2.75) is 69.5 Å². The van der Waals surface area contributed by atoms with Crippen molar-refractivity contribution in [3.63, 3.8) is 0 Å². The van der Waals surface area contributed by atoms with Crippen molar-refractivity contribution in [2.75, 3.05) is 18.0 Å². The summed E-state index contributed by atoms with van der Waals surface area (Å²) in [5.41, 5.74) is 2.09. The molecule has 2 amide bonds. The molecule has 0 saturated heterocycles. The number of carbonyl (C=O) groups is 2. The number of nitrogens with zero attached hydrogens (tertiary/aromatic N) is 2. The molecule has 8 nitrogen and oxygen atoms in total. The smallest absolute Gasteiger partial charge is 0.264 e. The molecule has 0 aliphatic heterocycles. The molecule has 4 rings (SSSR count). The predicted molar refractivity (Wildman–Crippen MR) is 160 cm³/mol. The molecule has 1 N–H and O–H groups in total. The van der Waals surface area contributed by atoms with Crippen molar-refractivity contribution in [1.29, 1.82) is 0 Å². The highest BCUT2D eigenvalue weighted by atomic mass is 32.2. The van der Waals surface area contributed by atoms with Crippen LogP contribution >= 0.6 is 0 Å². The predicted octanol–water partition coefficient (Wildman–Crippen LogP) is 5.07. The lowest BCUT2D eigenvalue weighted by Crippen LogP contribution is -2.53. The summed E-state index contributed by atoms with van der Waals surface area (Å²) in [7, 11) is -2.50. The van der Waals surface area contributed by atoms with Crippen molar-refractivity contribution in [3.8, 4) is 5.75 Å². The molecule has 0 heterocycles. The first-order valence-electron chi connectivity index (χ1n) is 14.1. The Hall–Kier alpha value is -3.85. The van der Waals surface area contributed by atoms with E-state index in [9.17, 15) is 18.0 Å². The van der Waals surface area contributed by atoms with Crippen LogP contribution in [0.3, 0.4) is 0 Å². The molecule has 3 aromatic rings. The van der Waals surface area contributed by atoms with Gasteiger partial charge in [0.05, 0.1) is 17.7 Å². The maximum absolute atomic E-state index is 14.0. The number of amides is 2. The Morgan fingerprint density at radius 3 is 2.17 bits per heavy atom. The largest absolute Gasteiger partial charge is 0.497 e. The average Bonchev–Trinajstić information content (AvgIpc) is 2.99. The van der Waals surface area contributed by atoms with E-state index < -0.39 is 28.5 Å². The minimum atomic E-state index is -4.08. The van der Waals surface area contributed by atoms with E-state index in [1.807, 2.05) is 19.1 Å². The van der Waals surface area contributed by atoms with Gasteiger partial charge in [0.1, 0.15) is 18.3 Å². The Morgan fingerprint density at radius 2 is 1.56 bits per heavy atom. The maximum Gasteiger partial charge on any atom is 0.264 e. The van der Waals surface area contributed by atoms with Gasteiger partial charge in [-0.3, -0.25) is 13.9 Å². The van der Waals surface area contributed by atoms with Gasteiger partial charge < -0.3 is 15.0 Å². The number of para-hydroxylation sites is 1. The number of hydrogen-bond donors (Lipinski definition) is 1. The van der Waals surface area contributed by atoms with Crippen LogP contribution in [0.1, 0.15) is 50.2 Å². The van der Waals surface area contributed by atoms with Gasteiger partial charge in [-0.15, -0.1) is 0 Å². The average molecular weight is 578 g/mol. The fraction of sp³-hybridized carbons (Fsp3) is 0.375. The third-order valence-corrected chi connectivity index (χ3v) is 9.35. The summed E-state index contributed by atoms with van der Waals surface area (Å²) in [4.78, 5) is 29.0. The Bertz CT molecular complexity index is 1400. The standard InChI is InChI=1S/C32H39N3O5S/c1-24-14-20-30(21-15-24)41(38,39)35(28-12-8-5-9-13-28)23-31(36)34(22-26-16-18-29(40-3)19-17-26)25(2)32(37)33-27-10-6-4-7-11-27/h5,8-9,12-21,25,27H,4,6-7,10-11,22-23H2,1-3H3,(H,33,37)/t25-/m0/s1. The maximum atomic E-state index is 14.0. The molecule has 41 heavy (non-hydrogen) atoms. The summed E-state index contributed by atoms with van der Waals surface area (Å²) in [6.07, 6.45) is 5.13. The number of nitrogens with one attached hydrogen (secondary N) is 1. The second-order valence-electron chi connectivity index (χ2n) is 10.5. The Balaban J connectivity index is 1.65. The first-order chi connectivity index (χ1) is 19.7. The zero-order valence-corrected chi connectivity index (χ0v) is 24.8. The highest BCUT2D eigenvalue weighted by Crippen LogP contribution is 2.25. The van der Waals surface area contributed by atoms with Gasteiger partial charge >= 0.3 is 0 Å². The zero-order chi connectivity index (χ0) is 29.4. The first kappa shape index (κ1) is 30.1. The molecule has 0 spiro atoms. The quantitative estimate of drug-likeness (QED) is 0.344. The second-order valence-corrected chi connectivity index (χ2v) is 12.4. The van der Waals surface area contributed by atoms with E-state index in [1.54, 1.807) is 80.8 Å². The number of anilines is 1. The monoisotopic (exact) mass is 577 g/mol. The summed E-state index contributed by atoms with van der Waals surface area (Å²) in [6, 6.07) is 21.6. The van der Waals surface area contributed by atoms with Gasteiger partial charge in [0.15, 0.2) is 0 Å².